The normalized spacial score (nSPS) is 12.4. The Balaban J connectivity index is 1.92. The van der Waals surface area contributed by atoms with Crippen molar-refractivity contribution in [2.45, 2.75) is 26.4 Å². The van der Waals surface area contributed by atoms with Crippen molar-refractivity contribution in [2.24, 2.45) is 7.05 Å². The van der Waals surface area contributed by atoms with E-state index in [9.17, 15) is 4.79 Å². The van der Waals surface area contributed by atoms with Crippen LogP contribution in [0.4, 0.5) is 0 Å². The zero-order chi connectivity index (χ0) is 13.1. The molecule has 0 radical (unpaired) electrons. The summed E-state index contributed by atoms with van der Waals surface area (Å²) in [5, 5.41) is 11.1. The zero-order valence-corrected chi connectivity index (χ0v) is 10.8. The molecule has 1 atom stereocenters. The van der Waals surface area contributed by atoms with Crippen LogP contribution in [0, 0.1) is 6.92 Å². The molecule has 2 aromatic heterocycles. The summed E-state index contributed by atoms with van der Waals surface area (Å²) in [6, 6.07) is 1.57. The van der Waals surface area contributed by atoms with Crippen molar-refractivity contribution in [3.63, 3.8) is 0 Å². The van der Waals surface area contributed by atoms with Gasteiger partial charge in [-0.1, -0.05) is 0 Å². The van der Waals surface area contributed by atoms with Crippen molar-refractivity contribution in [3.8, 4) is 0 Å². The fourth-order valence-corrected chi connectivity index (χ4v) is 1.67. The van der Waals surface area contributed by atoms with E-state index in [4.69, 9.17) is 0 Å². The lowest BCUT2D eigenvalue weighted by Crippen LogP contribution is -2.30. The number of carbonyl (C=O) groups is 1. The van der Waals surface area contributed by atoms with E-state index in [1.165, 1.54) is 0 Å². The first-order valence-electron chi connectivity index (χ1n) is 5.83. The summed E-state index contributed by atoms with van der Waals surface area (Å²) >= 11 is 0. The van der Waals surface area contributed by atoms with E-state index in [2.05, 4.69) is 15.5 Å². The fourth-order valence-electron chi connectivity index (χ4n) is 1.67. The minimum absolute atomic E-state index is 0.0537. The predicted molar refractivity (Wildman–Crippen MR) is 66.7 cm³/mol. The molecule has 1 amide bonds. The van der Waals surface area contributed by atoms with Gasteiger partial charge in [-0.05, 0) is 19.9 Å². The molecule has 0 aliphatic rings. The molecule has 0 saturated carbocycles. The van der Waals surface area contributed by atoms with Gasteiger partial charge in [0.05, 0.1) is 11.9 Å². The molecule has 2 aromatic rings. The Labute approximate surface area is 106 Å². The van der Waals surface area contributed by atoms with Gasteiger partial charge in [0, 0.05) is 31.5 Å². The third kappa shape index (κ3) is 2.77. The van der Waals surface area contributed by atoms with Crippen LogP contribution in [0.5, 0.6) is 0 Å². The highest BCUT2D eigenvalue weighted by Gasteiger charge is 2.15. The van der Waals surface area contributed by atoms with Crippen LogP contribution in [0.25, 0.3) is 0 Å². The van der Waals surface area contributed by atoms with Gasteiger partial charge < -0.3 is 5.32 Å². The van der Waals surface area contributed by atoms with Crippen molar-refractivity contribution < 1.29 is 4.79 Å². The Morgan fingerprint density at radius 3 is 2.89 bits per heavy atom. The standard InChI is InChI=1S/C12H17N5O/c1-9-4-5-17(15-9)10(2)12(18)13-6-11-7-14-16(3)8-11/h4-5,7-8,10H,6H2,1-3H3,(H,13,18). The number of hydrogen-bond donors (Lipinski definition) is 1. The molecule has 18 heavy (non-hydrogen) atoms. The Bertz CT molecular complexity index is 542. The van der Waals surface area contributed by atoms with Crippen molar-refractivity contribution in [1.29, 1.82) is 0 Å². The van der Waals surface area contributed by atoms with Gasteiger partial charge in [0.1, 0.15) is 6.04 Å². The average molecular weight is 247 g/mol. The molecule has 0 saturated heterocycles. The van der Waals surface area contributed by atoms with Crippen LogP contribution in [-0.4, -0.2) is 25.5 Å². The molecule has 0 aliphatic heterocycles. The van der Waals surface area contributed by atoms with Gasteiger partial charge >= 0.3 is 0 Å². The van der Waals surface area contributed by atoms with Crippen LogP contribution in [0.3, 0.4) is 0 Å². The van der Waals surface area contributed by atoms with Crippen LogP contribution in [0.15, 0.2) is 24.7 Å². The van der Waals surface area contributed by atoms with Crippen LogP contribution in [0.2, 0.25) is 0 Å². The molecule has 6 nitrogen and oxygen atoms in total. The predicted octanol–water partition coefficient (Wildman–Crippen LogP) is 0.802. The first kappa shape index (κ1) is 12.3. The molecule has 0 aliphatic carbocycles. The van der Waals surface area contributed by atoms with Crippen molar-refractivity contribution in [3.05, 3.63) is 35.9 Å². The van der Waals surface area contributed by atoms with Crippen LogP contribution in [0.1, 0.15) is 24.2 Å². The monoisotopic (exact) mass is 247 g/mol. The van der Waals surface area contributed by atoms with E-state index in [1.54, 1.807) is 15.6 Å². The molecule has 0 bridgehead atoms. The number of aryl methyl sites for hydroxylation is 2. The van der Waals surface area contributed by atoms with Crippen LogP contribution in [-0.2, 0) is 18.4 Å². The second-order valence-corrected chi connectivity index (χ2v) is 4.35. The Morgan fingerprint density at radius 2 is 2.33 bits per heavy atom. The molecule has 0 aromatic carbocycles. The van der Waals surface area contributed by atoms with Gasteiger partial charge in [0.2, 0.25) is 5.91 Å². The molecule has 0 spiro atoms. The molecule has 96 valence electrons. The fraction of sp³-hybridized carbons (Fsp3) is 0.417. The highest BCUT2D eigenvalue weighted by Crippen LogP contribution is 2.06. The maximum Gasteiger partial charge on any atom is 0.244 e. The molecule has 2 rings (SSSR count). The number of aromatic nitrogens is 4. The molecule has 1 N–H and O–H groups in total. The van der Waals surface area contributed by atoms with Crippen molar-refractivity contribution in [1.82, 2.24) is 24.9 Å². The maximum absolute atomic E-state index is 11.9. The largest absolute Gasteiger partial charge is 0.350 e. The van der Waals surface area contributed by atoms with Gasteiger partial charge in [-0.3, -0.25) is 14.2 Å². The minimum atomic E-state index is -0.310. The Morgan fingerprint density at radius 1 is 1.56 bits per heavy atom. The summed E-state index contributed by atoms with van der Waals surface area (Å²) in [6.07, 6.45) is 5.43. The van der Waals surface area contributed by atoms with E-state index >= 15 is 0 Å². The summed E-state index contributed by atoms with van der Waals surface area (Å²) in [6.45, 7) is 4.21. The van der Waals surface area contributed by atoms with Gasteiger partial charge in [-0.25, -0.2) is 0 Å². The van der Waals surface area contributed by atoms with Gasteiger partial charge in [0.25, 0.3) is 0 Å². The van der Waals surface area contributed by atoms with Gasteiger partial charge in [-0.2, -0.15) is 10.2 Å². The summed E-state index contributed by atoms with van der Waals surface area (Å²) in [7, 11) is 1.85. The Kier molecular flexibility index (Phi) is 3.45. The quantitative estimate of drug-likeness (QED) is 0.869. The number of nitrogens with one attached hydrogen (secondary N) is 1. The molecular formula is C12H17N5O. The van der Waals surface area contributed by atoms with Gasteiger partial charge in [0.15, 0.2) is 0 Å². The third-order valence-electron chi connectivity index (χ3n) is 2.74. The second kappa shape index (κ2) is 5.03. The zero-order valence-electron chi connectivity index (χ0n) is 10.8. The third-order valence-corrected chi connectivity index (χ3v) is 2.74. The number of rotatable bonds is 4. The van der Waals surface area contributed by atoms with Crippen LogP contribution < -0.4 is 5.32 Å². The topological polar surface area (TPSA) is 64.7 Å². The maximum atomic E-state index is 11.9. The molecule has 0 fully saturated rings. The summed E-state index contributed by atoms with van der Waals surface area (Å²) in [5.74, 6) is -0.0537. The smallest absolute Gasteiger partial charge is 0.244 e. The highest BCUT2D eigenvalue weighted by molar-refractivity contribution is 5.79. The lowest BCUT2D eigenvalue weighted by Gasteiger charge is -2.12. The number of hydrogen-bond acceptors (Lipinski definition) is 3. The first-order chi connectivity index (χ1) is 8.56. The van der Waals surface area contributed by atoms with E-state index in [1.807, 2.05) is 39.4 Å². The van der Waals surface area contributed by atoms with Crippen LogP contribution >= 0.6 is 0 Å². The van der Waals surface area contributed by atoms with Gasteiger partial charge in [-0.15, -0.1) is 0 Å². The number of carbonyl (C=O) groups excluding carboxylic acids is 1. The minimum Gasteiger partial charge on any atom is -0.350 e. The first-order valence-corrected chi connectivity index (χ1v) is 5.83. The SMILES string of the molecule is Cc1ccn(C(C)C(=O)NCc2cnn(C)c2)n1. The summed E-state index contributed by atoms with van der Waals surface area (Å²) in [4.78, 5) is 11.9. The van der Waals surface area contributed by atoms with Crippen molar-refractivity contribution in [2.75, 3.05) is 0 Å². The summed E-state index contributed by atoms with van der Waals surface area (Å²) in [5.41, 5.74) is 1.89. The van der Waals surface area contributed by atoms with E-state index in [0.29, 0.717) is 6.54 Å². The summed E-state index contributed by atoms with van der Waals surface area (Å²) < 4.78 is 3.37. The second-order valence-electron chi connectivity index (χ2n) is 4.35. The van der Waals surface area contributed by atoms with E-state index < -0.39 is 0 Å². The molecule has 2 heterocycles. The van der Waals surface area contributed by atoms with Crippen molar-refractivity contribution >= 4 is 5.91 Å². The molecular weight excluding hydrogens is 230 g/mol. The molecule has 1 unspecified atom stereocenters. The lowest BCUT2D eigenvalue weighted by molar-refractivity contribution is -0.124. The lowest BCUT2D eigenvalue weighted by atomic mass is 10.3. The Hall–Kier alpha value is -2.11. The van der Waals surface area contributed by atoms with E-state index in [0.717, 1.165) is 11.3 Å². The number of amides is 1. The van der Waals surface area contributed by atoms with E-state index in [-0.39, 0.29) is 11.9 Å². The molecule has 6 heteroatoms. The number of nitrogens with zero attached hydrogens (tertiary/aromatic N) is 4. The highest BCUT2D eigenvalue weighted by atomic mass is 16.2. The average Bonchev–Trinajstić information content (AvgIpc) is 2.94.